The van der Waals surface area contributed by atoms with Crippen LogP contribution in [0.25, 0.3) is 0 Å². The highest BCUT2D eigenvalue weighted by atomic mass is 16.3. The number of likely N-dealkylation sites (N-methyl/N-ethyl adjacent to an activating group) is 1. The number of carbonyl (C=O) groups is 1. The first-order chi connectivity index (χ1) is 9.60. The van der Waals surface area contributed by atoms with E-state index in [2.05, 4.69) is 31.0 Å². The molecule has 1 rings (SSSR count). The average molecular weight is 292 g/mol. The van der Waals surface area contributed by atoms with E-state index in [1.807, 2.05) is 14.1 Å². The fourth-order valence-corrected chi connectivity index (χ4v) is 2.45. The summed E-state index contributed by atoms with van der Waals surface area (Å²) in [6, 6.07) is 5.28. The molecule has 0 bridgehead atoms. The van der Waals surface area contributed by atoms with E-state index in [1.165, 1.54) is 0 Å². The first-order valence-corrected chi connectivity index (χ1v) is 7.34. The number of para-hydroxylation sites is 1. The summed E-state index contributed by atoms with van der Waals surface area (Å²) in [6.07, 6.45) is 0.878. The van der Waals surface area contributed by atoms with Gasteiger partial charge in [-0.1, -0.05) is 32.9 Å². The minimum Gasteiger partial charge on any atom is -0.507 e. The molecule has 21 heavy (non-hydrogen) atoms. The summed E-state index contributed by atoms with van der Waals surface area (Å²) in [7, 11) is 3.98. The first-order valence-electron chi connectivity index (χ1n) is 7.34. The standard InChI is InChI=1S/C17H28N2O2/c1-12-8-7-9-14(15(12)20)16(21)18-13(11-19(5)6)10-17(2,3)4/h7-9,13,20H,10-11H2,1-6H3,(H,18,21). The molecule has 4 heteroatoms. The number of aromatic hydroxyl groups is 1. The van der Waals surface area contributed by atoms with Crippen molar-refractivity contribution in [2.24, 2.45) is 5.41 Å². The van der Waals surface area contributed by atoms with Crippen LogP contribution < -0.4 is 5.32 Å². The van der Waals surface area contributed by atoms with Gasteiger partial charge in [0.2, 0.25) is 0 Å². The van der Waals surface area contributed by atoms with E-state index in [0.29, 0.717) is 11.1 Å². The normalized spacial score (nSPS) is 13.3. The Morgan fingerprint density at radius 2 is 1.95 bits per heavy atom. The highest BCUT2D eigenvalue weighted by Crippen LogP contribution is 2.23. The molecular formula is C17H28N2O2. The molecule has 4 nitrogen and oxygen atoms in total. The number of nitrogens with one attached hydrogen (secondary N) is 1. The summed E-state index contributed by atoms with van der Waals surface area (Å²) in [5, 5.41) is 13.1. The second kappa shape index (κ2) is 6.94. The fourth-order valence-electron chi connectivity index (χ4n) is 2.45. The van der Waals surface area contributed by atoms with Gasteiger partial charge in [0.05, 0.1) is 5.56 Å². The number of hydrogen-bond acceptors (Lipinski definition) is 3. The van der Waals surface area contributed by atoms with Crippen LogP contribution in [0.4, 0.5) is 0 Å². The minimum absolute atomic E-state index is 0.0485. The predicted molar refractivity (Wildman–Crippen MR) is 86.7 cm³/mol. The molecule has 0 aliphatic carbocycles. The molecule has 118 valence electrons. The third kappa shape index (κ3) is 5.76. The molecule has 2 N–H and O–H groups in total. The van der Waals surface area contributed by atoms with E-state index < -0.39 is 0 Å². The van der Waals surface area contributed by atoms with E-state index in [4.69, 9.17) is 0 Å². The molecule has 0 heterocycles. The van der Waals surface area contributed by atoms with Crippen molar-refractivity contribution >= 4 is 5.91 Å². The zero-order chi connectivity index (χ0) is 16.2. The molecule has 0 fully saturated rings. The van der Waals surface area contributed by atoms with Gasteiger partial charge in [0.15, 0.2) is 0 Å². The quantitative estimate of drug-likeness (QED) is 0.877. The van der Waals surface area contributed by atoms with Crippen molar-refractivity contribution < 1.29 is 9.90 Å². The lowest BCUT2D eigenvalue weighted by molar-refractivity contribution is 0.0914. The van der Waals surface area contributed by atoms with Gasteiger partial charge in [0.1, 0.15) is 5.75 Å². The minimum atomic E-state index is -0.215. The smallest absolute Gasteiger partial charge is 0.255 e. The predicted octanol–water partition coefficient (Wildman–Crippen LogP) is 2.80. The highest BCUT2D eigenvalue weighted by Gasteiger charge is 2.22. The van der Waals surface area contributed by atoms with Gasteiger partial charge >= 0.3 is 0 Å². The Balaban J connectivity index is 2.87. The first kappa shape index (κ1) is 17.5. The van der Waals surface area contributed by atoms with Gasteiger partial charge in [-0.25, -0.2) is 0 Å². The maximum atomic E-state index is 12.4. The van der Waals surface area contributed by atoms with Crippen LogP contribution in [-0.4, -0.2) is 42.6 Å². The molecule has 0 saturated carbocycles. The number of phenols is 1. The van der Waals surface area contributed by atoms with Crippen molar-refractivity contribution in [3.05, 3.63) is 29.3 Å². The second-order valence-corrected chi connectivity index (χ2v) is 7.17. The molecule has 0 saturated heterocycles. The zero-order valence-electron chi connectivity index (χ0n) is 14.0. The Labute approximate surface area is 128 Å². The van der Waals surface area contributed by atoms with E-state index >= 15 is 0 Å². The summed E-state index contributed by atoms with van der Waals surface area (Å²) < 4.78 is 0. The third-order valence-corrected chi connectivity index (χ3v) is 3.26. The number of amides is 1. The monoisotopic (exact) mass is 292 g/mol. The molecule has 0 spiro atoms. The number of aryl methyl sites for hydroxylation is 1. The lowest BCUT2D eigenvalue weighted by Gasteiger charge is -2.29. The van der Waals surface area contributed by atoms with Gasteiger partial charge in [0, 0.05) is 12.6 Å². The average Bonchev–Trinajstić information content (AvgIpc) is 2.29. The molecule has 0 radical (unpaired) electrons. The molecule has 0 aromatic heterocycles. The van der Waals surface area contributed by atoms with E-state index in [0.717, 1.165) is 13.0 Å². The Hall–Kier alpha value is -1.55. The maximum Gasteiger partial charge on any atom is 0.255 e. The van der Waals surface area contributed by atoms with Crippen LogP contribution in [0.1, 0.15) is 43.1 Å². The Bertz CT molecular complexity index is 490. The number of rotatable bonds is 5. The summed E-state index contributed by atoms with van der Waals surface area (Å²) >= 11 is 0. The number of nitrogens with zero attached hydrogens (tertiary/aromatic N) is 1. The van der Waals surface area contributed by atoms with Crippen molar-refractivity contribution in [3.8, 4) is 5.75 Å². The Morgan fingerprint density at radius 1 is 1.33 bits per heavy atom. The summed E-state index contributed by atoms with van der Waals surface area (Å²) in [4.78, 5) is 14.5. The van der Waals surface area contributed by atoms with Gasteiger partial charge in [-0.3, -0.25) is 4.79 Å². The molecule has 0 aliphatic heterocycles. The Morgan fingerprint density at radius 3 is 2.48 bits per heavy atom. The van der Waals surface area contributed by atoms with Gasteiger partial charge < -0.3 is 15.3 Å². The highest BCUT2D eigenvalue weighted by molar-refractivity contribution is 5.97. The second-order valence-electron chi connectivity index (χ2n) is 7.17. The molecule has 1 unspecified atom stereocenters. The molecule has 0 aliphatic rings. The topological polar surface area (TPSA) is 52.6 Å². The van der Waals surface area contributed by atoms with Crippen molar-refractivity contribution in [2.45, 2.75) is 40.2 Å². The van der Waals surface area contributed by atoms with Crippen molar-refractivity contribution in [1.82, 2.24) is 10.2 Å². The fraction of sp³-hybridized carbons (Fsp3) is 0.588. The number of benzene rings is 1. The van der Waals surface area contributed by atoms with Gasteiger partial charge in [-0.15, -0.1) is 0 Å². The third-order valence-electron chi connectivity index (χ3n) is 3.26. The molecule has 1 amide bonds. The van der Waals surface area contributed by atoms with Crippen molar-refractivity contribution in [1.29, 1.82) is 0 Å². The lowest BCUT2D eigenvalue weighted by atomic mass is 9.87. The van der Waals surface area contributed by atoms with Gasteiger partial charge in [-0.05, 0) is 44.5 Å². The van der Waals surface area contributed by atoms with E-state index in [9.17, 15) is 9.90 Å². The van der Waals surface area contributed by atoms with Crippen LogP contribution in [-0.2, 0) is 0 Å². The number of phenolic OH excluding ortho intramolecular Hbond substituents is 1. The maximum absolute atomic E-state index is 12.4. The molecule has 1 aromatic carbocycles. The molecule has 1 atom stereocenters. The lowest BCUT2D eigenvalue weighted by Crippen LogP contribution is -2.43. The van der Waals surface area contributed by atoms with E-state index in [-0.39, 0.29) is 23.1 Å². The summed E-state index contributed by atoms with van der Waals surface area (Å²) in [6.45, 7) is 9.04. The van der Waals surface area contributed by atoms with Crippen LogP contribution in [0.15, 0.2) is 18.2 Å². The van der Waals surface area contributed by atoms with Crippen molar-refractivity contribution in [3.63, 3.8) is 0 Å². The van der Waals surface area contributed by atoms with Crippen LogP contribution >= 0.6 is 0 Å². The van der Waals surface area contributed by atoms with Crippen LogP contribution in [0.5, 0.6) is 5.75 Å². The number of hydrogen-bond donors (Lipinski definition) is 2. The largest absolute Gasteiger partial charge is 0.507 e. The van der Waals surface area contributed by atoms with Crippen LogP contribution in [0.2, 0.25) is 0 Å². The van der Waals surface area contributed by atoms with E-state index in [1.54, 1.807) is 25.1 Å². The SMILES string of the molecule is Cc1cccc(C(=O)NC(CN(C)C)CC(C)(C)C)c1O. The van der Waals surface area contributed by atoms with Gasteiger partial charge in [-0.2, -0.15) is 0 Å². The molecule has 1 aromatic rings. The van der Waals surface area contributed by atoms with Crippen LogP contribution in [0, 0.1) is 12.3 Å². The summed E-state index contributed by atoms with van der Waals surface area (Å²) in [5.74, 6) is -0.151. The summed E-state index contributed by atoms with van der Waals surface area (Å²) in [5.41, 5.74) is 1.18. The van der Waals surface area contributed by atoms with Crippen LogP contribution in [0.3, 0.4) is 0 Å². The van der Waals surface area contributed by atoms with Crippen molar-refractivity contribution in [2.75, 3.05) is 20.6 Å². The zero-order valence-corrected chi connectivity index (χ0v) is 14.0. The van der Waals surface area contributed by atoms with Gasteiger partial charge in [0.25, 0.3) is 5.91 Å². The Kier molecular flexibility index (Phi) is 5.78. The number of carbonyl (C=O) groups excluding carboxylic acids is 1. The molecular weight excluding hydrogens is 264 g/mol.